The van der Waals surface area contributed by atoms with Crippen LogP contribution in [0, 0.1) is 0 Å². The van der Waals surface area contributed by atoms with Crippen LogP contribution >= 0.6 is 35.1 Å². The molecule has 0 unspecified atom stereocenters. The van der Waals surface area contributed by atoms with Crippen molar-refractivity contribution < 1.29 is 26.3 Å². The third-order valence-corrected chi connectivity index (χ3v) is 15.9. The Balaban J connectivity index is 0.000000197. The molecule has 0 radical (unpaired) electrons. The molecule has 10 nitrogen and oxygen atoms in total. The van der Waals surface area contributed by atoms with Crippen molar-refractivity contribution in [3.63, 3.8) is 0 Å². The quantitative estimate of drug-likeness (QED) is 0.0621. The Labute approximate surface area is 447 Å². The minimum absolute atomic E-state index is 0. The molecule has 2 saturated carbocycles. The molecule has 2 fully saturated rings. The second-order valence-corrected chi connectivity index (χ2v) is 21.5. The van der Waals surface area contributed by atoms with E-state index < -0.39 is 25.2 Å². The maximum atomic E-state index is 12.9. The van der Waals surface area contributed by atoms with Crippen LogP contribution in [0.15, 0.2) is 134 Å². The number of rotatable bonds is 18. The van der Waals surface area contributed by atoms with Crippen LogP contribution in [0.2, 0.25) is 0 Å². The lowest BCUT2D eigenvalue weighted by molar-refractivity contribution is -0.127. The predicted octanol–water partition coefficient (Wildman–Crippen LogP) is 13.5. The zero-order valence-electron chi connectivity index (χ0n) is 41.7. The largest absolute Gasteiger partial charge is 0.393 e. The lowest BCUT2D eigenvalue weighted by atomic mass is 10.1. The van der Waals surface area contributed by atoms with Crippen molar-refractivity contribution in [2.24, 2.45) is 0 Å². The first-order chi connectivity index (χ1) is 35.7. The summed E-state index contributed by atoms with van der Waals surface area (Å²) in [6.07, 6.45) is -1.43. The van der Waals surface area contributed by atoms with Crippen molar-refractivity contribution in [3.05, 3.63) is 166 Å². The molecule has 8 aromatic rings. The molecule has 0 amide bonds. The summed E-state index contributed by atoms with van der Waals surface area (Å²) in [5.74, 6) is 1.41. The first-order valence-electron chi connectivity index (χ1n) is 24.9. The number of nitrogens with one attached hydrogen (secondary N) is 4. The molecule has 75 heavy (non-hydrogen) atoms. The van der Waals surface area contributed by atoms with E-state index in [1.54, 1.807) is 12.1 Å². The number of anilines is 4. The summed E-state index contributed by atoms with van der Waals surface area (Å²) in [6, 6.07) is 42.2. The number of alkyl halides is 6. The van der Waals surface area contributed by atoms with E-state index in [0.29, 0.717) is 44.2 Å². The fourth-order valence-electron chi connectivity index (χ4n) is 9.86. The first-order valence-corrected chi connectivity index (χ1v) is 26.6. The van der Waals surface area contributed by atoms with Crippen molar-refractivity contribution in [2.45, 2.75) is 114 Å². The molecule has 4 N–H and O–H groups in total. The number of nitrogens with zero attached hydrogens (tertiary/aromatic N) is 6. The van der Waals surface area contributed by atoms with Gasteiger partial charge >= 0.3 is 12.4 Å². The molecular formula is C56H61ClF6N10S2. The van der Waals surface area contributed by atoms with Gasteiger partial charge < -0.3 is 31.1 Å². The number of fused-ring (bicyclic) bond motifs is 2. The van der Waals surface area contributed by atoms with Crippen LogP contribution in [0.25, 0.3) is 20.4 Å². The molecule has 4 atom stereocenters. The van der Waals surface area contributed by atoms with Gasteiger partial charge in [0.25, 0.3) is 0 Å². The van der Waals surface area contributed by atoms with Crippen LogP contribution in [-0.2, 0) is 39.0 Å². The standard InChI is InChI=1S/2C28H30F3N5S.ClH/c2*1-36(26-25-14-24(15-28(29,30)31)37-27(25)35-18-34-26)23-12-11-22(13-23)33-17-20-7-9-21(10-8-20)32-16-19-5-3-2-4-6-19;/h2*2-10,14,18,22-23,32-33H,11-13,15-17H2,1H3;1H/t2*22-,23+;/m00./s1. The average molecular weight is 1090 g/mol. The van der Waals surface area contributed by atoms with Crippen molar-refractivity contribution in [2.75, 3.05) is 34.5 Å². The minimum atomic E-state index is -4.23. The highest BCUT2D eigenvalue weighted by Gasteiger charge is 2.33. The fourth-order valence-corrected chi connectivity index (χ4v) is 11.9. The maximum Gasteiger partial charge on any atom is 0.393 e. The van der Waals surface area contributed by atoms with Gasteiger partial charge in [-0.15, -0.1) is 35.1 Å². The Bertz CT molecular complexity index is 2830. The number of thiophene rings is 2. The van der Waals surface area contributed by atoms with Gasteiger partial charge in [-0.25, -0.2) is 19.9 Å². The summed E-state index contributed by atoms with van der Waals surface area (Å²) < 4.78 is 77.3. The smallest absolute Gasteiger partial charge is 0.381 e. The van der Waals surface area contributed by atoms with Gasteiger partial charge in [-0.3, -0.25) is 0 Å². The lowest BCUT2D eigenvalue weighted by Gasteiger charge is -2.26. The van der Waals surface area contributed by atoms with Gasteiger partial charge in [-0.2, -0.15) is 26.3 Å². The summed E-state index contributed by atoms with van der Waals surface area (Å²) >= 11 is 2.19. The highest BCUT2D eigenvalue weighted by Crippen LogP contribution is 2.38. The van der Waals surface area contributed by atoms with E-state index in [-0.39, 0.29) is 34.2 Å². The third-order valence-electron chi connectivity index (χ3n) is 13.8. The SMILES string of the molecule is CN(c1ncnc2sc(CC(F)(F)F)cc12)[C@@H]1CC[C@H](NCc2ccc(NCc3ccccc3)cc2)C1.CN(c1ncnc2sc(CC(F)(F)F)cc12)[C@@H]1CC[C@H](NCc2ccc(NCc3ccccc3)cc2)C1.Cl. The van der Waals surface area contributed by atoms with E-state index in [4.69, 9.17) is 0 Å². The molecule has 2 aliphatic carbocycles. The number of benzene rings is 4. The maximum absolute atomic E-state index is 12.9. The van der Waals surface area contributed by atoms with Crippen LogP contribution in [0.5, 0.6) is 0 Å². The van der Waals surface area contributed by atoms with Gasteiger partial charge in [0.2, 0.25) is 0 Å². The first kappa shape index (κ1) is 55.2. The zero-order chi connectivity index (χ0) is 51.7. The van der Waals surface area contributed by atoms with Crippen molar-refractivity contribution in [3.8, 4) is 0 Å². The van der Waals surface area contributed by atoms with Crippen LogP contribution < -0.4 is 31.1 Å². The normalized spacial score (nSPS) is 17.6. The van der Waals surface area contributed by atoms with Crippen molar-refractivity contribution in [1.29, 1.82) is 0 Å². The number of aromatic nitrogens is 4. The van der Waals surface area contributed by atoms with Gasteiger partial charge in [0.05, 0.1) is 23.6 Å². The fraction of sp³-hybridized carbons (Fsp3) is 0.357. The monoisotopic (exact) mass is 1090 g/mol. The number of hydrogen-bond donors (Lipinski definition) is 4. The molecule has 4 aromatic carbocycles. The molecular weight excluding hydrogens is 1030 g/mol. The van der Waals surface area contributed by atoms with Crippen molar-refractivity contribution in [1.82, 2.24) is 30.6 Å². The molecule has 396 valence electrons. The van der Waals surface area contributed by atoms with Crippen LogP contribution in [0.1, 0.15) is 70.5 Å². The predicted molar refractivity (Wildman–Crippen MR) is 295 cm³/mol. The highest BCUT2D eigenvalue weighted by atomic mass is 35.5. The minimum Gasteiger partial charge on any atom is -0.381 e. The van der Waals surface area contributed by atoms with Crippen LogP contribution in [0.3, 0.4) is 0 Å². The van der Waals surface area contributed by atoms with Gasteiger partial charge in [-0.1, -0.05) is 84.9 Å². The Morgan fingerprint density at radius 2 is 0.867 bits per heavy atom. The van der Waals surface area contributed by atoms with E-state index in [1.165, 1.54) is 34.9 Å². The van der Waals surface area contributed by atoms with Gasteiger partial charge in [0.15, 0.2) is 0 Å². The Hall–Kier alpha value is -6.05. The van der Waals surface area contributed by atoms with E-state index in [2.05, 4.69) is 124 Å². The van der Waals surface area contributed by atoms with E-state index in [9.17, 15) is 26.3 Å². The Kier molecular flexibility index (Phi) is 18.5. The summed E-state index contributed by atoms with van der Waals surface area (Å²) in [7, 11) is 3.97. The van der Waals surface area contributed by atoms with Crippen molar-refractivity contribution >= 4 is 78.5 Å². The topological polar surface area (TPSA) is 106 Å². The lowest BCUT2D eigenvalue weighted by Crippen LogP contribution is -2.33. The molecule has 4 heterocycles. The van der Waals surface area contributed by atoms with E-state index in [1.807, 2.05) is 50.5 Å². The zero-order valence-corrected chi connectivity index (χ0v) is 44.1. The summed E-state index contributed by atoms with van der Waals surface area (Å²) in [5.41, 5.74) is 7.15. The Morgan fingerprint density at radius 3 is 1.24 bits per heavy atom. The molecule has 19 heteroatoms. The summed E-state index contributed by atoms with van der Waals surface area (Å²) in [4.78, 5) is 23.3. The van der Waals surface area contributed by atoms with E-state index in [0.717, 1.165) is 98.8 Å². The van der Waals surface area contributed by atoms with Crippen LogP contribution in [0.4, 0.5) is 49.4 Å². The molecule has 10 rings (SSSR count). The molecule has 0 bridgehead atoms. The number of hydrogen-bond acceptors (Lipinski definition) is 12. The Morgan fingerprint density at radius 1 is 0.493 bits per heavy atom. The summed E-state index contributed by atoms with van der Waals surface area (Å²) in [5, 5.41) is 15.7. The van der Waals surface area contributed by atoms with E-state index >= 15 is 0 Å². The second kappa shape index (κ2) is 25.2. The molecule has 0 aliphatic heterocycles. The highest BCUT2D eigenvalue weighted by molar-refractivity contribution is 7.19. The van der Waals surface area contributed by atoms with Gasteiger partial charge in [0, 0.05) is 85.6 Å². The molecule has 2 aliphatic rings. The number of halogens is 7. The summed E-state index contributed by atoms with van der Waals surface area (Å²) in [6.45, 7) is 3.18. The average Bonchev–Trinajstić information content (AvgIpc) is 4.23. The molecule has 0 saturated heterocycles. The molecule has 4 aromatic heterocycles. The van der Waals surface area contributed by atoms with Crippen LogP contribution in [-0.4, -0.2) is 70.6 Å². The van der Waals surface area contributed by atoms with Gasteiger partial charge in [-0.05, 0) is 97.2 Å². The molecule has 0 spiro atoms. The van der Waals surface area contributed by atoms with Gasteiger partial charge in [0.1, 0.15) is 34.0 Å². The second-order valence-electron chi connectivity index (χ2n) is 19.2. The third kappa shape index (κ3) is 15.5.